The van der Waals surface area contributed by atoms with Gasteiger partial charge in [-0.15, -0.1) is 0 Å². The predicted octanol–water partition coefficient (Wildman–Crippen LogP) is 0.696. The van der Waals surface area contributed by atoms with Crippen LogP contribution in [-0.2, 0) is 0 Å². The molecule has 1 saturated carbocycles. The Bertz CT molecular complexity index is 249. The van der Waals surface area contributed by atoms with E-state index in [-0.39, 0.29) is 0 Å². The topological polar surface area (TPSA) is 21.8 Å². The summed E-state index contributed by atoms with van der Waals surface area (Å²) in [6, 6.07) is 1.51. The van der Waals surface area contributed by atoms with Crippen LogP contribution in [-0.4, -0.2) is 87.2 Å². The van der Waals surface area contributed by atoms with Gasteiger partial charge >= 0.3 is 0 Å². The van der Waals surface area contributed by atoms with Gasteiger partial charge in [0.1, 0.15) is 0 Å². The number of rotatable bonds is 5. The van der Waals surface area contributed by atoms with Crippen molar-refractivity contribution in [2.24, 2.45) is 0 Å². The lowest BCUT2D eigenvalue weighted by molar-refractivity contribution is 0.0607. The fourth-order valence-corrected chi connectivity index (χ4v) is 3.55. The lowest BCUT2D eigenvalue weighted by Gasteiger charge is -2.44. The van der Waals surface area contributed by atoms with Crippen LogP contribution in [0.1, 0.15) is 25.7 Å². The Hall–Kier alpha value is -0.160. The molecule has 2 unspecified atom stereocenters. The molecule has 0 radical (unpaired) electrons. The van der Waals surface area contributed by atoms with E-state index in [4.69, 9.17) is 0 Å². The summed E-state index contributed by atoms with van der Waals surface area (Å²) in [5, 5.41) is 3.54. The van der Waals surface area contributed by atoms with Gasteiger partial charge in [0.15, 0.2) is 0 Å². The summed E-state index contributed by atoms with van der Waals surface area (Å²) in [6.45, 7) is 7.43. The predicted molar refractivity (Wildman–Crippen MR) is 81.7 cm³/mol. The van der Waals surface area contributed by atoms with Crippen molar-refractivity contribution < 1.29 is 0 Å². The fraction of sp³-hybridized carbons (Fsp3) is 1.00. The van der Waals surface area contributed by atoms with Crippen molar-refractivity contribution in [2.45, 2.75) is 37.8 Å². The second-order valence-electron chi connectivity index (χ2n) is 6.43. The summed E-state index contributed by atoms with van der Waals surface area (Å²) in [5.41, 5.74) is 0. The van der Waals surface area contributed by atoms with E-state index in [0.29, 0.717) is 0 Å². The quantitative estimate of drug-likeness (QED) is 0.792. The standard InChI is InChI=1S/C15H32N4/c1-16-14-6-4-5-7-15(14)19-12-10-18(11-13-19)9-8-17(2)3/h14-16H,4-13H2,1-3H3. The van der Waals surface area contributed by atoms with Gasteiger partial charge in [0.2, 0.25) is 0 Å². The van der Waals surface area contributed by atoms with E-state index in [2.05, 4.69) is 41.2 Å². The minimum atomic E-state index is 0.724. The zero-order valence-electron chi connectivity index (χ0n) is 13.1. The van der Waals surface area contributed by atoms with Gasteiger partial charge in [0.25, 0.3) is 0 Å². The van der Waals surface area contributed by atoms with E-state index in [9.17, 15) is 0 Å². The van der Waals surface area contributed by atoms with Gasteiger partial charge < -0.3 is 10.2 Å². The maximum Gasteiger partial charge on any atom is 0.0250 e. The highest BCUT2D eigenvalue weighted by molar-refractivity contribution is 4.89. The van der Waals surface area contributed by atoms with Crippen LogP contribution in [0.15, 0.2) is 0 Å². The van der Waals surface area contributed by atoms with Crippen LogP contribution < -0.4 is 5.32 Å². The summed E-state index contributed by atoms with van der Waals surface area (Å²) < 4.78 is 0. The second kappa shape index (κ2) is 7.58. The molecule has 1 heterocycles. The van der Waals surface area contributed by atoms with Crippen LogP contribution in [0.4, 0.5) is 0 Å². The minimum absolute atomic E-state index is 0.724. The summed E-state index contributed by atoms with van der Waals surface area (Å²) in [4.78, 5) is 7.64. The SMILES string of the molecule is CNC1CCCCC1N1CCN(CCN(C)C)CC1. The first-order valence-corrected chi connectivity index (χ1v) is 7.99. The number of nitrogens with zero attached hydrogens (tertiary/aromatic N) is 3. The zero-order chi connectivity index (χ0) is 13.7. The van der Waals surface area contributed by atoms with Crippen molar-refractivity contribution in [3.63, 3.8) is 0 Å². The first-order chi connectivity index (χ1) is 9.20. The summed E-state index contributed by atoms with van der Waals surface area (Å²) >= 11 is 0. The van der Waals surface area contributed by atoms with Crippen molar-refractivity contribution >= 4 is 0 Å². The Kier molecular flexibility index (Phi) is 6.07. The first-order valence-electron chi connectivity index (χ1n) is 7.99. The van der Waals surface area contributed by atoms with Crippen LogP contribution in [0, 0.1) is 0 Å². The largest absolute Gasteiger partial charge is 0.315 e. The van der Waals surface area contributed by atoms with E-state index in [1.54, 1.807) is 0 Å². The maximum absolute atomic E-state index is 3.54. The van der Waals surface area contributed by atoms with Crippen LogP contribution in [0.3, 0.4) is 0 Å². The summed E-state index contributed by atoms with van der Waals surface area (Å²) in [6.07, 6.45) is 5.58. The molecule has 1 N–H and O–H groups in total. The Balaban J connectivity index is 1.75. The Morgan fingerprint density at radius 1 is 1.05 bits per heavy atom. The average molecular weight is 268 g/mol. The monoisotopic (exact) mass is 268 g/mol. The van der Waals surface area contributed by atoms with E-state index < -0.39 is 0 Å². The first kappa shape index (κ1) is 15.2. The van der Waals surface area contributed by atoms with Gasteiger partial charge in [-0.2, -0.15) is 0 Å². The molecule has 0 bridgehead atoms. The molecule has 2 aliphatic rings. The molecule has 19 heavy (non-hydrogen) atoms. The number of piperazine rings is 1. The molecule has 1 saturated heterocycles. The highest BCUT2D eigenvalue weighted by Gasteiger charge is 2.30. The van der Waals surface area contributed by atoms with Gasteiger partial charge in [-0.1, -0.05) is 12.8 Å². The molecular weight excluding hydrogens is 236 g/mol. The molecule has 2 atom stereocenters. The van der Waals surface area contributed by atoms with Crippen molar-refractivity contribution in [2.75, 3.05) is 60.4 Å². The molecule has 0 spiro atoms. The minimum Gasteiger partial charge on any atom is -0.315 e. The Morgan fingerprint density at radius 3 is 2.37 bits per heavy atom. The lowest BCUT2D eigenvalue weighted by Crippen LogP contribution is -2.57. The van der Waals surface area contributed by atoms with Gasteiger partial charge in [0, 0.05) is 51.4 Å². The van der Waals surface area contributed by atoms with E-state index in [1.165, 1.54) is 65.0 Å². The molecule has 2 rings (SSSR count). The van der Waals surface area contributed by atoms with Crippen molar-refractivity contribution in [3.05, 3.63) is 0 Å². The Labute approximate surface area is 119 Å². The average Bonchev–Trinajstić information content (AvgIpc) is 2.45. The summed E-state index contributed by atoms with van der Waals surface area (Å²) in [7, 11) is 6.46. The number of hydrogen-bond acceptors (Lipinski definition) is 4. The lowest BCUT2D eigenvalue weighted by atomic mass is 9.89. The van der Waals surface area contributed by atoms with Gasteiger partial charge in [-0.3, -0.25) is 9.80 Å². The van der Waals surface area contributed by atoms with Crippen molar-refractivity contribution in [3.8, 4) is 0 Å². The van der Waals surface area contributed by atoms with Crippen LogP contribution in [0.2, 0.25) is 0 Å². The van der Waals surface area contributed by atoms with Crippen molar-refractivity contribution in [1.29, 1.82) is 0 Å². The fourth-order valence-electron chi connectivity index (χ4n) is 3.55. The van der Waals surface area contributed by atoms with Gasteiger partial charge in [-0.25, -0.2) is 0 Å². The molecule has 0 aromatic rings. The van der Waals surface area contributed by atoms with Gasteiger partial charge in [-0.05, 0) is 34.0 Å². The molecular formula is C15H32N4. The van der Waals surface area contributed by atoms with E-state index >= 15 is 0 Å². The zero-order valence-corrected chi connectivity index (χ0v) is 13.1. The van der Waals surface area contributed by atoms with Crippen LogP contribution >= 0.6 is 0 Å². The smallest absolute Gasteiger partial charge is 0.0250 e. The number of likely N-dealkylation sites (N-methyl/N-ethyl adjacent to an activating group) is 2. The molecule has 4 nitrogen and oxygen atoms in total. The normalized spacial score (nSPS) is 30.9. The maximum atomic E-state index is 3.54. The van der Waals surface area contributed by atoms with Crippen molar-refractivity contribution in [1.82, 2.24) is 20.0 Å². The molecule has 112 valence electrons. The molecule has 0 aromatic heterocycles. The third kappa shape index (κ3) is 4.42. The second-order valence-corrected chi connectivity index (χ2v) is 6.43. The number of hydrogen-bond donors (Lipinski definition) is 1. The number of nitrogens with one attached hydrogen (secondary N) is 1. The Morgan fingerprint density at radius 2 is 1.74 bits per heavy atom. The highest BCUT2D eigenvalue weighted by atomic mass is 15.3. The third-order valence-corrected chi connectivity index (χ3v) is 4.84. The van der Waals surface area contributed by atoms with E-state index in [1.807, 2.05) is 0 Å². The third-order valence-electron chi connectivity index (χ3n) is 4.84. The summed E-state index contributed by atoms with van der Waals surface area (Å²) in [5.74, 6) is 0. The van der Waals surface area contributed by atoms with Crippen LogP contribution in [0.25, 0.3) is 0 Å². The molecule has 1 aliphatic heterocycles. The molecule has 0 aromatic carbocycles. The molecule has 2 fully saturated rings. The highest BCUT2D eigenvalue weighted by Crippen LogP contribution is 2.24. The van der Waals surface area contributed by atoms with Crippen LogP contribution in [0.5, 0.6) is 0 Å². The van der Waals surface area contributed by atoms with Gasteiger partial charge in [0.05, 0.1) is 0 Å². The molecule has 0 amide bonds. The molecule has 4 heteroatoms. The van der Waals surface area contributed by atoms with E-state index in [0.717, 1.165) is 12.1 Å². The molecule has 1 aliphatic carbocycles.